The molecule has 0 aliphatic carbocycles. The first-order valence-corrected chi connectivity index (χ1v) is 10.2. The highest BCUT2D eigenvalue weighted by Gasteiger charge is 2.18. The zero-order valence-corrected chi connectivity index (χ0v) is 17.0. The van der Waals surface area contributed by atoms with Gasteiger partial charge in [-0.05, 0) is 37.4 Å². The minimum absolute atomic E-state index is 0.0949. The number of nitrogens with zero attached hydrogens (tertiary/aromatic N) is 3. The first kappa shape index (κ1) is 21.1. The fourth-order valence-electron chi connectivity index (χ4n) is 2.96. The number of nitrogens with one attached hydrogen (secondary N) is 1. The van der Waals surface area contributed by atoms with Crippen molar-refractivity contribution in [2.45, 2.75) is 32.9 Å². The van der Waals surface area contributed by atoms with Gasteiger partial charge in [0.1, 0.15) is 11.6 Å². The van der Waals surface area contributed by atoms with Crippen molar-refractivity contribution in [2.75, 3.05) is 13.1 Å². The Morgan fingerprint density at radius 3 is 2.83 bits per heavy atom. The molecule has 0 fully saturated rings. The Balaban J connectivity index is 1.60. The minimum Gasteiger partial charge on any atom is -0.419 e. The molecule has 6 nitrogen and oxygen atoms in total. The van der Waals surface area contributed by atoms with Crippen molar-refractivity contribution in [2.24, 2.45) is 0 Å². The Morgan fingerprint density at radius 2 is 2.14 bits per heavy atom. The molecule has 29 heavy (non-hydrogen) atoms. The zero-order valence-electron chi connectivity index (χ0n) is 16.2. The van der Waals surface area contributed by atoms with Crippen molar-refractivity contribution >= 4 is 17.2 Å². The van der Waals surface area contributed by atoms with E-state index in [1.54, 1.807) is 6.92 Å². The van der Waals surface area contributed by atoms with Crippen LogP contribution in [0.5, 0.6) is 0 Å². The van der Waals surface area contributed by atoms with Crippen LogP contribution in [-0.2, 0) is 11.3 Å². The maximum absolute atomic E-state index is 13.9. The lowest BCUT2D eigenvalue weighted by atomic mass is 10.1. The second-order valence-electron chi connectivity index (χ2n) is 6.64. The molecule has 2 aromatic heterocycles. The summed E-state index contributed by atoms with van der Waals surface area (Å²) in [7, 11) is 0. The topological polar surface area (TPSA) is 71.3 Å². The number of halogens is 2. The monoisotopic (exact) mass is 420 g/mol. The third-order valence-electron chi connectivity index (χ3n) is 4.27. The van der Waals surface area contributed by atoms with Gasteiger partial charge in [0.15, 0.2) is 0 Å². The highest BCUT2D eigenvalue weighted by Crippen LogP contribution is 2.23. The van der Waals surface area contributed by atoms with Crippen molar-refractivity contribution in [1.82, 2.24) is 20.4 Å². The zero-order chi connectivity index (χ0) is 20.8. The third-order valence-corrected chi connectivity index (χ3v) is 5.13. The molecule has 3 aromatic rings. The standard InChI is InChI=1S/C20H22F2N4O2S/c1-3-8-26(12-19-24-25-20(28-19)17-5-4-9-29-17)11-18(27)23-13(2)15-7-6-14(21)10-16(15)22/h4-7,9-10,13H,3,8,11-12H2,1-2H3,(H,23,27). The van der Waals surface area contributed by atoms with Gasteiger partial charge in [0, 0.05) is 11.6 Å². The molecule has 0 saturated heterocycles. The average Bonchev–Trinajstić information content (AvgIpc) is 3.33. The van der Waals surface area contributed by atoms with E-state index in [9.17, 15) is 13.6 Å². The van der Waals surface area contributed by atoms with Gasteiger partial charge in [-0.15, -0.1) is 21.5 Å². The van der Waals surface area contributed by atoms with Gasteiger partial charge in [-0.25, -0.2) is 8.78 Å². The summed E-state index contributed by atoms with van der Waals surface area (Å²) in [4.78, 5) is 15.2. The molecule has 0 radical (unpaired) electrons. The number of benzene rings is 1. The molecule has 2 heterocycles. The SMILES string of the molecule is CCCN(CC(=O)NC(C)c1ccc(F)cc1F)Cc1nnc(-c2cccs2)o1. The fraction of sp³-hybridized carbons (Fsp3) is 0.350. The Hall–Kier alpha value is -2.65. The van der Waals surface area contributed by atoms with Crippen LogP contribution in [0, 0.1) is 11.6 Å². The fourth-order valence-corrected chi connectivity index (χ4v) is 3.60. The van der Waals surface area contributed by atoms with Gasteiger partial charge in [0.25, 0.3) is 5.89 Å². The summed E-state index contributed by atoms with van der Waals surface area (Å²) in [6.45, 7) is 4.75. The van der Waals surface area contributed by atoms with Gasteiger partial charge in [-0.2, -0.15) is 0 Å². The van der Waals surface area contributed by atoms with E-state index >= 15 is 0 Å². The van der Waals surface area contributed by atoms with Crippen molar-refractivity contribution in [1.29, 1.82) is 0 Å². The predicted molar refractivity (Wildman–Crippen MR) is 106 cm³/mol. The molecule has 1 amide bonds. The summed E-state index contributed by atoms with van der Waals surface area (Å²) in [5.41, 5.74) is 0.235. The summed E-state index contributed by atoms with van der Waals surface area (Å²) < 4.78 is 32.7. The van der Waals surface area contributed by atoms with E-state index in [4.69, 9.17) is 4.42 Å². The van der Waals surface area contributed by atoms with Crippen LogP contribution < -0.4 is 5.32 Å². The lowest BCUT2D eigenvalue weighted by molar-refractivity contribution is -0.123. The van der Waals surface area contributed by atoms with Crippen molar-refractivity contribution in [3.8, 4) is 10.8 Å². The van der Waals surface area contributed by atoms with Gasteiger partial charge in [-0.1, -0.05) is 19.1 Å². The van der Waals surface area contributed by atoms with Gasteiger partial charge in [0.05, 0.1) is 24.0 Å². The normalized spacial score (nSPS) is 12.3. The molecule has 0 saturated carbocycles. The van der Waals surface area contributed by atoms with Crippen LogP contribution in [0.1, 0.15) is 37.8 Å². The summed E-state index contributed by atoms with van der Waals surface area (Å²) >= 11 is 1.51. The number of carbonyl (C=O) groups is 1. The lowest BCUT2D eigenvalue weighted by Crippen LogP contribution is -2.38. The smallest absolute Gasteiger partial charge is 0.257 e. The molecule has 3 rings (SSSR count). The number of aromatic nitrogens is 2. The van der Waals surface area contributed by atoms with Gasteiger partial charge < -0.3 is 9.73 Å². The second kappa shape index (κ2) is 9.71. The van der Waals surface area contributed by atoms with Crippen LogP contribution in [0.3, 0.4) is 0 Å². The van der Waals surface area contributed by atoms with Crippen LogP contribution in [-0.4, -0.2) is 34.1 Å². The summed E-state index contributed by atoms with van der Waals surface area (Å²) in [5, 5.41) is 12.8. The van der Waals surface area contributed by atoms with Crippen molar-refractivity contribution in [3.05, 3.63) is 58.8 Å². The van der Waals surface area contributed by atoms with Crippen LogP contribution >= 0.6 is 11.3 Å². The number of carbonyl (C=O) groups excluding carboxylic acids is 1. The molecule has 0 aliphatic heterocycles. The molecule has 9 heteroatoms. The van der Waals surface area contributed by atoms with Crippen LogP contribution in [0.25, 0.3) is 10.8 Å². The van der Waals surface area contributed by atoms with Crippen LogP contribution in [0.2, 0.25) is 0 Å². The number of thiophene rings is 1. The quantitative estimate of drug-likeness (QED) is 0.563. The average molecular weight is 420 g/mol. The van der Waals surface area contributed by atoms with E-state index in [0.29, 0.717) is 24.9 Å². The van der Waals surface area contributed by atoms with E-state index in [1.807, 2.05) is 29.3 Å². The molecule has 1 unspecified atom stereocenters. The Kier molecular flexibility index (Phi) is 7.05. The van der Waals surface area contributed by atoms with E-state index < -0.39 is 17.7 Å². The van der Waals surface area contributed by atoms with E-state index in [-0.39, 0.29) is 18.0 Å². The van der Waals surface area contributed by atoms with E-state index in [1.165, 1.54) is 23.5 Å². The molecule has 1 aromatic carbocycles. The molecule has 0 bridgehead atoms. The molecule has 154 valence electrons. The molecule has 1 atom stereocenters. The van der Waals surface area contributed by atoms with E-state index in [2.05, 4.69) is 15.5 Å². The molecule has 0 aliphatic rings. The van der Waals surface area contributed by atoms with Gasteiger partial charge >= 0.3 is 0 Å². The maximum Gasteiger partial charge on any atom is 0.257 e. The predicted octanol–water partition coefficient (Wildman–Crippen LogP) is 4.17. The molecular weight excluding hydrogens is 398 g/mol. The molecule has 0 spiro atoms. The lowest BCUT2D eigenvalue weighted by Gasteiger charge is -2.21. The van der Waals surface area contributed by atoms with E-state index in [0.717, 1.165) is 17.4 Å². The molecular formula is C20H22F2N4O2S. The number of rotatable bonds is 9. The largest absolute Gasteiger partial charge is 0.419 e. The number of hydrogen-bond donors (Lipinski definition) is 1. The Labute approximate surface area is 171 Å². The number of amides is 1. The maximum atomic E-state index is 13.9. The summed E-state index contributed by atoms with van der Waals surface area (Å²) in [5.74, 6) is -0.730. The number of hydrogen-bond acceptors (Lipinski definition) is 6. The summed E-state index contributed by atoms with van der Waals surface area (Å²) in [6, 6.07) is 6.54. The van der Waals surface area contributed by atoms with Crippen LogP contribution in [0.4, 0.5) is 8.78 Å². The Morgan fingerprint density at radius 1 is 1.31 bits per heavy atom. The summed E-state index contributed by atoms with van der Waals surface area (Å²) in [6.07, 6.45) is 0.835. The second-order valence-corrected chi connectivity index (χ2v) is 7.59. The van der Waals surface area contributed by atoms with Crippen molar-refractivity contribution in [3.63, 3.8) is 0 Å². The van der Waals surface area contributed by atoms with Gasteiger partial charge in [-0.3, -0.25) is 9.69 Å². The highest BCUT2D eigenvalue weighted by atomic mass is 32.1. The minimum atomic E-state index is -0.685. The Bertz CT molecular complexity index is 946. The first-order valence-electron chi connectivity index (χ1n) is 9.29. The van der Waals surface area contributed by atoms with Crippen LogP contribution in [0.15, 0.2) is 40.1 Å². The highest BCUT2D eigenvalue weighted by molar-refractivity contribution is 7.13. The first-order chi connectivity index (χ1) is 14.0. The third kappa shape index (κ3) is 5.68. The van der Waals surface area contributed by atoms with Gasteiger partial charge in [0.2, 0.25) is 11.8 Å². The molecule has 1 N–H and O–H groups in total. The van der Waals surface area contributed by atoms with Crippen molar-refractivity contribution < 1.29 is 18.0 Å².